The average molecular weight is 371 g/mol. The molecule has 2 amide bonds. The lowest BCUT2D eigenvalue weighted by Gasteiger charge is -2.15. The molecule has 0 aliphatic heterocycles. The predicted octanol–water partition coefficient (Wildman–Crippen LogP) is 4.17. The molecule has 0 atom stereocenters. The summed E-state index contributed by atoms with van der Waals surface area (Å²) < 4.78 is 30.2. The maximum Gasteiger partial charge on any atom is 0.313 e. The van der Waals surface area contributed by atoms with Crippen LogP contribution in [0.15, 0.2) is 59.5 Å². The first-order chi connectivity index (χ1) is 12.9. The number of nitrogens with zero attached hydrogens (tertiary/aromatic N) is 2. The summed E-state index contributed by atoms with van der Waals surface area (Å²) in [6.45, 7) is 3.42. The van der Waals surface area contributed by atoms with Crippen LogP contribution in [-0.4, -0.2) is 23.8 Å². The van der Waals surface area contributed by atoms with Gasteiger partial charge in [0.25, 0.3) is 11.8 Å². The molecule has 1 aromatic heterocycles. The van der Waals surface area contributed by atoms with Gasteiger partial charge < -0.3 is 14.6 Å². The van der Waals surface area contributed by atoms with Gasteiger partial charge in [-0.3, -0.25) is 9.59 Å². The van der Waals surface area contributed by atoms with Gasteiger partial charge in [-0.1, -0.05) is 6.58 Å². The quantitative estimate of drug-likeness (QED) is 0.683. The van der Waals surface area contributed by atoms with Crippen molar-refractivity contribution in [2.45, 2.75) is 6.43 Å². The van der Waals surface area contributed by atoms with Crippen molar-refractivity contribution in [2.75, 3.05) is 17.3 Å². The highest BCUT2D eigenvalue weighted by Crippen LogP contribution is 2.25. The van der Waals surface area contributed by atoms with E-state index in [-0.39, 0.29) is 17.0 Å². The normalized spacial score (nSPS) is 10.8. The Balaban J connectivity index is 1.75. The van der Waals surface area contributed by atoms with Gasteiger partial charge in [-0.05, 0) is 48.5 Å². The minimum absolute atomic E-state index is 0.211. The van der Waals surface area contributed by atoms with Gasteiger partial charge in [-0.2, -0.15) is 8.78 Å². The van der Waals surface area contributed by atoms with Crippen LogP contribution in [0.1, 0.15) is 22.7 Å². The summed E-state index contributed by atoms with van der Waals surface area (Å²) in [5.74, 6) is -1.32. The molecule has 1 heterocycles. The number of halogens is 2. The van der Waals surface area contributed by atoms with Crippen molar-refractivity contribution >= 4 is 34.3 Å². The second kappa shape index (κ2) is 7.36. The first-order valence-electron chi connectivity index (χ1n) is 7.89. The molecule has 0 aliphatic rings. The SMILES string of the molecule is C=CC(=O)N(C)c1ccc(C(=O)Nc2ccc3oc(C(F)F)nc3c2)cc1. The number of carbonyl (C=O) groups is 2. The number of nitrogens with one attached hydrogen (secondary N) is 1. The molecule has 0 saturated carbocycles. The number of benzene rings is 2. The van der Waals surface area contributed by atoms with Gasteiger partial charge in [0.05, 0.1) is 0 Å². The van der Waals surface area contributed by atoms with Crippen LogP contribution in [0.5, 0.6) is 0 Å². The summed E-state index contributed by atoms with van der Waals surface area (Å²) in [6.07, 6.45) is -1.61. The molecule has 138 valence electrons. The van der Waals surface area contributed by atoms with Crippen molar-refractivity contribution in [3.63, 3.8) is 0 Å². The van der Waals surface area contributed by atoms with Crippen LogP contribution in [0, 0.1) is 0 Å². The standard InChI is InChI=1S/C19H15F2N3O3/c1-3-16(25)24(2)13-7-4-11(5-8-13)18(26)22-12-6-9-15-14(10-12)23-19(27-15)17(20)21/h3-10,17H,1H2,2H3,(H,22,26). The number of alkyl halides is 2. The van der Waals surface area contributed by atoms with E-state index in [1.807, 2.05) is 0 Å². The molecule has 0 bridgehead atoms. The van der Waals surface area contributed by atoms with Crippen LogP contribution >= 0.6 is 0 Å². The molecule has 2 aromatic carbocycles. The number of likely N-dealkylation sites (N-methyl/N-ethyl adjacent to an activating group) is 1. The van der Waals surface area contributed by atoms with Gasteiger partial charge in [-0.25, -0.2) is 4.98 Å². The summed E-state index contributed by atoms with van der Waals surface area (Å²) >= 11 is 0. The molecular weight excluding hydrogens is 356 g/mol. The molecule has 0 aliphatic carbocycles. The van der Waals surface area contributed by atoms with Crippen molar-refractivity contribution < 1.29 is 22.8 Å². The number of aromatic nitrogens is 1. The van der Waals surface area contributed by atoms with Gasteiger partial charge in [0.15, 0.2) is 5.58 Å². The molecule has 8 heteroatoms. The Kier molecular flexibility index (Phi) is 4.98. The van der Waals surface area contributed by atoms with Crippen LogP contribution in [0.3, 0.4) is 0 Å². The molecule has 27 heavy (non-hydrogen) atoms. The zero-order valence-corrected chi connectivity index (χ0v) is 14.3. The summed E-state index contributed by atoms with van der Waals surface area (Å²) in [5, 5.41) is 2.67. The molecule has 0 radical (unpaired) electrons. The van der Waals surface area contributed by atoms with Gasteiger partial charge in [0.2, 0.25) is 5.91 Å². The highest BCUT2D eigenvalue weighted by atomic mass is 19.3. The van der Waals surface area contributed by atoms with Crippen molar-refractivity contribution in [2.24, 2.45) is 0 Å². The Morgan fingerprint density at radius 2 is 1.93 bits per heavy atom. The number of anilines is 2. The Morgan fingerprint density at radius 1 is 1.22 bits per heavy atom. The molecule has 0 unspecified atom stereocenters. The van der Waals surface area contributed by atoms with Crippen molar-refractivity contribution in [3.05, 3.63) is 66.6 Å². The van der Waals surface area contributed by atoms with Gasteiger partial charge in [0.1, 0.15) is 5.52 Å². The molecule has 3 rings (SSSR count). The van der Waals surface area contributed by atoms with Crippen LogP contribution in [0.25, 0.3) is 11.1 Å². The Bertz CT molecular complexity index is 1010. The topological polar surface area (TPSA) is 75.4 Å². The minimum atomic E-state index is -2.81. The van der Waals surface area contributed by atoms with E-state index in [0.717, 1.165) is 0 Å². The van der Waals surface area contributed by atoms with Gasteiger partial charge in [-0.15, -0.1) is 0 Å². The van der Waals surface area contributed by atoms with Crippen molar-refractivity contribution in [1.82, 2.24) is 4.98 Å². The Hall–Kier alpha value is -3.55. The second-order valence-electron chi connectivity index (χ2n) is 5.64. The van der Waals surface area contributed by atoms with E-state index < -0.39 is 18.2 Å². The fraction of sp³-hybridized carbons (Fsp3) is 0.105. The van der Waals surface area contributed by atoms with E-state index in [4.69, 9.17) is 4.42 Å². The monoisotopic (exact) mass is 371 g/mol. The number of fused-ring (bicyclic) bond motifs is 1. The maximum absolute atomic E-state index is 12.6. The lowest BCUT2D eigenvalue weighted by Crippen LogP contribution is -2.23. The van der Waals surface area contributed by atoms with Crippen LogP contribution < -0.4 is 10.2 Å². The van der Waals surface area contributed by atoms with E-state index in [1.165, 1.54) is 29.2 Å². The lowest BCUT2D eigenvalue weighted by molar-refractivity contribution is -0.113. The van der Waals surface area contributed by atoms with E-state index in [1.54, 1.807) is 31.3 Å². The number of oxazole rings is 1. The molecule has 1 N–H and O–H groups in total. The predicted molar refractivity (Wildman–Crippen MR) is 97.0 cm³/mol. The maximum atomic E-state index is 12.6. The van der Waals surface area contributed by atoms with Crippen LogP contribution in [0.2, 0.25) is 0 Å². The highest BCUT2D eigenvalue weighted by Gasteiger charge is 2.16. The van der Waals surface area contributed by atoms with E-state index in [0.29, 0.717) is 16.9 Å². The third-order valence-corrected chi connectivity index (χ3v) is 3.87. The fourth-order valence-electron chi connectivity index (χ4n) is 2.42. The molecule has 6 nitrogen and oxygen atoms in total. The fourth-order valence-corrected chi connectivity index (χ4v) is 2.42. The smallest absolute Gasteiger partial charge is 0.313 e. The van der Waals surface area contributed by atoms with E-state index >= 15 is 0 Å². The summed E-state index contributed by atoms with van der Waals surface area (Å²) in [6, 6.07) is 10.8. The first kappa shape index (κ1) is 18.2. The third-order valence-electron chi connectivity index (χ3n) is 3.87. The number of hydrogen-bond donors (Lipinski definition) is 1. The van der Waals surface area contributed by atoms with Crippen LogP contribution in [0.4, 0.5) is 20.2 Å². The van der Waals surface area contributed by atoms with Crippen LogP contribution in [-0.2, 0) is 4.79 Å². The zero-order chi connectivity index (χ0) is 19.6. The van der Waals surface area contributed by atoms with Gasteiger partial charge >= 0.3 is 6.43 Å². The Labute approximate surface area is 153 Å². The molecule has 0 fully saturated rings. The highest BCUT2D eigenvalue weighted by molar-refractivity contribution is 6.05. The van der Waals surface area contributed by atoms with Crippen molar-refractivity contribution in [1.29, 1.82) is 0 Å². The zero-order valence-electron chi connectivity index (χ0n) is 14.3. The molecule has 0 spiro atoms. The average Bonchev–Trinajstić information content (AvgIpc) is 3.10. The summed E-state index contributed by atoms with van der Waals surface area (Å²) in [7, 11) is 1.60. The molecule has 3 aromatic rings. The van der Waals surface area contributed by atoms with Crippen molar-refractivity contribution in [3.8, 4) is 0 Å². The third kappa shape index (κ3) is 3.84. The second-order valence-corrected chi connectivity index (χ2v) is 5.64. The number of rotatable bonds is 5. The van der Waals surface area contributed by atoms with E-state index in [9.17, 15) is 18.4 Å². The lowest BCUT2D eigenvalue weighted by atomic mass is 10.1. The number of hydrogen-bond acceptors (Lipinski definition) is 4. The van der Waals surface area contributed by atoms with Gasteiger partial charge in [0, 0.05) is 24.0 Å². The first-order valence-corrected chi connectivity index (χ1v) is 7.89. The Morgan fingerprint density at radius 3 is 2.56 bits per heavy atom. The molecule has 0 saturated heterocycles. The van der Waals surface area contributed by atoms with E-state index in [2.05, 4.69) is 16.9 Å². The number of carbonyl (C=O) groups excluding carboxylic acids is 2. The summed E-state index contributed by atoms with van der Waals surface area (Å²) in [4.78, 5) is 29.0. The number of amides is 2. The molecular formula is C19H15F2N3O3. The summed E-state index contributed by atoms with van der Waals surface area (Å²) in [5.41, 5.74) is 1.81. The largest absolute Gasteiger partial charge is 0.435 e. The minimum Gasteiger partial charge on any atom is -0.435 e.